The lowest BCUT2D eigenvalue weighted by molar-refractivity contribution is 0.0725. The van der Waals surface area contributed by atoms with Gasteiger partial charge >= 0.3 is 11.9 Å². The van der Waals surface area contributed by atoms with Crippen LogP contribution in [-0.4, -0.2) is 11.9 Å². The number of carbonyl (C=O) groups is 2. The molecule has 4 nitrogen and oxygen atoms in total. The van der Waals surface area contributed by atoms with E-state index in [1.54, 1.807) is 24.3 Å². The molecule has 8 rings (SSSR count). The Bertz CT molecular complexity index is 2270. The van der Waals surface area contributed by atoms with Gasteiger partial charge in [0.25, 0.3) is 0 Å². The van der Waals surface area contributed by atoms with Crippen LogP contribution in [0, 0.1) is 0 Å². The first-order chi connectivity index (χ1) is 22.6. The van der Waals surface area contributed by atoms with Gasteiger partial charge in [-0.25, -0.2) is 9.59 Å². The Morgan fingerprint density at radius 1 is 0.348 bits per heavy atom. The van der Waals surface area contributed by atoms with Crippen molar-refractivity contribution < 1.29 is 19.1 Å². The number of hydrogen-bond donors (Lipinski definition) is 0. The predicted octanol–water partition coefficient (Wildman–Crippen LogP) is 10.4. The molecule has 0 aliphatic heterocycles. The molecule has 0 saturated carbocycles. The molecule has 0 N–H and O–H groups in total. The molecule has 0 aromatic heterocycles. The number of hydrogen-bond acceptors (Lipinski definition) is 4. The molecular formula is C42H26O4. The first kappa shape index (κ1) is 27.3. The zero-order valence-electron chi connectivity index (χ0n) is 24.6. The summed E-state index contributed by atoms with van der Waals surface area (Å²) in [6, 6.07) is 50.4. The molecule has 0 heterocycles. The van der Waals surface area contributed by atoms with Crippen molar-refractivity contribution in [1.29, 1.82) is 0 Å². The van der Waals surface area contributed by atoms with Crippen molar-refractivity contribution in [2.45, 2.75) is 0 Å². The normalized spacial score (nSPS) is 11.2. The van der Waals surface area contributed by atoms with Crippen LogP contribution >= 0.6 is 0 Å². The van der Waals surface area contributed by atoms with Gasteiger partial charge in [0.15, 0.2) is 0 Å². The van der Waals surface area contributed by atoms with Crippen molar-refractivity contribution in [3.8, 4) is 22.6 Å². The Morgan fingerprint density at radius 3 is 1.15 bits per heavy atom. The second-order valence-corrected chi connectivity index (χ2v) is 11.2. The molecule has 218 valence electrons. The minimum atomic E-state index is -0.430. The van der Waals surface area contributed by atoms with Gasteiger partial charge in [-0.05, 0) is 115 Å². The molecule has 8 aromatic rings. The molecular weight excluding hydrogens is 568 g/mol. The number of esters is 2. The summed E-state index contributed by atoms with van der Waals surface area (Å²) >= 11 is 0. The van der Waals surface area contributed by atoms with Crippen LogP contribution in [0.25, 0.3) is 54.2 Å². The number of benzene rings is 8. The first-order valence-corrected chi connectivity index (χ1v) is 15.1. The summed E-state index contributed by atoms with van der Waals surface area (Å²) in [4.78, 5) is 26.8. The lowest BCUT2D eigenvalue weighted by atomic mass is 9.85. The molecule has 0 fully saturated rings. The van der Waals surface area contributed by atoms with Gasteiger partial charge in [0.1, 0.15) is 11.5 Å². The van der Waals surface area contributed by atoms with E-state index in [2.05, 4.69) is 36.4 Å². The van der Waals surface area contributed by atoms with Crippen molar-refractivity contribution in [1.82, 2.24) is 0 Å². The van der Waals surface area contributed by atoms with Gasteiger partial charge in [-0.15, -0.1) is 0 Å². The van der Waals surface area contributed by atoms with Gasteiger partial charge in [0.05, 0.1) is 11.1 Å². The van der Waals surface area contributed by atoms with E-state index in [9.17, 15) is 9.59 Å². The van der Waals surface area contributed by atoms with Crippen molar-refractivity contribution in [2.24, 2.45) is 0 Å². The largest absolute Gasteiger partial charge is 0.423 e. The van der Waals surface area contributed by atoms with Crippen LogP contribution in [0.15, 0.2) is 158 Å². The quantitative estimate of drug-likeness (QED) is 0.113. The van der Waals surface area contributed by atoms with E-state index in [0.717, 1.165) is 54.2 Å². The minimum Gasteiger partial charge on any atom is -0.423 e. The number of ether oxygens (including phenoxy) is 2. The number of rotatable bonds is 5. The summed E-state index contributed by atoms with van der Waals surface area (Å²) in [5, 5.41) is 8.04. The summed E-state index contributed by atoms with van der Waals surface area (Å²) in [5.41, 5.74) is 2.87. The van der Waals surface area contributed by atoms with Gasteiger partial charge in [-0.3, -0.25) is 0 Å². The third-order valence-corrected chi connectivity index (χ3v) is 8.36. The fourth-order valence-electron chi connectivity index (χ4n) is 6.23. The molecule has 0 radical (unpaired) electrons. The monoisotopic (exact) mass is 594 g/mol. The topological polar surface area (TPSA) is 52.6 Å². The lowest BCUT2D eigenvalue weighted by Crippen LogP contribution is -2.08. The van der Waals surface area contributed by atoms with Crippen LogP contribution < -0.4 is 9.47 Å². The van der Waals surface area contributed by atoms with Gasteiger partial charge in [-0.2, -0.15) is 0 Å². The molecule has 0 bridgehead atoms. The molecule has 4 heteroatoms. The van der Waals surface area contributed by atoms with E-state index in [0.29, 0.717) is 22.6 Å². The highest BCUT2D eigenvalue weighted by atomic mass is 16.5. The van der Waals surface area contributed by atoms with Crippen LogP contribution in [0.3, 0.4) is 0 Å². The van der Waals surface area contributed by atoms with Crippen LogP contribution in [0.2, 0.25) is 0 Å². The van der Waals surface area contributed by atoms with Crippen molar-refractivity contribution in [3.05, 3.63) is 169 Å². The molecule has 0 saturated heterocycles. The second-order valence-electron chi connectivity index (χ2n) is 11.2. The lowest BCUT2D eigenvalue weighted by Gasteiger charge is -2.18. The number of fused-ring (bicyclic) bond motifs is 4. The number of para-hydroxylation sites is 2. The highest BCUT2D eigenvalue weighted by molar-refractivity contribution is 6.24. The summed E-state index contributed by atoms with van der Waals surface area (Å²) in [6.07, 6.45) is 0. The fraction of sp³-hybridized carbons (Fsp3) is 0. The average molecular weight is 595 g/mol. The summed E-state index contributed by atoms with van der Waals surface area (Å²) in [7, 11) is 0. The third kappa shape index (κ3) is 4.92. The Hall–Kier alpha value is -6.26. The van der Waals surface area contributed by atoms with Gasteiger partial charge in [0, 0.05) is 0 Å². The Morgan fingerprint density at radius 2 is 0.717 bits per heavy atom. The van der Waals surface area contributed by atoms with E-state index in [1.807, 2.05) is 97.1 Å². The zero-order valence-corrected chi connectivity index (χ0v) is 24.6. The minimum absolute atomic E-state index is 0.430. The summed E-state index contributed by atoms with van der Waals surface area (Å²) < 4.78 is 11.4. The summed E-state index contributed by atoms with van der Waals surface area (Å²) in [6.45, 7) is 0. The highest BCUT2D eigenvalue weighted by Crippen LogP contribution is 2.44. The van der Waals surface area contributed by atoms with Gasteiger partial charge < -0.3 is 9.47 Å². The Kier molecular flexibility index (Phi) is 6.73. The van der Waals surface area contributed by atoms with Crippen molar-refractivity contribution in [3.63, 3.8) is 0 Å². The van der Waals surface area contributed by atoms with Crippen molar-refractivity contribution >= 4 is 55.0 Å². The van der Waals surface area contributed by atoms with E-state index >= 15 is 0 Å². The molecule has 0 spiro atoms. The Labute approximate surface area is 265 Å². The average Bonchev–Trinajstić information content (AvgIpc) is 3.10. The SMILES string of the molecule is O=C(Oc1ccccc1)c1ccc2cc3ccccc3c(-c3c4ccccc4cc4ccc(C(=O)Oc5ccccc5)cc34)c2c1. The predicted molar refractivity (Wildman–Crippen MR) is 185 cm³/mol. The van der Waals surface area contributed by atoms with E-state index < -0.39 is 11.9 Å². The van der Waals surface area contributed by atoms with Crippen LogP contribution in [0.5, 0.6) is 11.5 Å². The smallest absolute Gasteiger partial charge is 0.343 e. The molecule has 0 atom stereocenters. The zero-order chi connectivity index (χ0) is 31.0. The maximum atomic E-state index is 13.4. The molecule has 0 unspecified atom stereocenters. The maximum absolute atomic E-state index is 13.4. The first-order valence-electron chi connectivity index (χ1n) is 15.1. The van der Waals surface area contributed by atoms with Crippen LogP contribution in [0.4, 0.5) is 0 Å². The van der Waals surface area contributed by atoms with Gasteiger partial charge in [-0.1, -0.05) is 97.1 Å². The van der Waals surface area contributed by atoms with E-state index in [1.165, 1.54) is 0 Å². The molecule has 8 aromatic carbocycles. The molecule has 0 aliphatic carbocycles. The maximum Gasteiger partial charge on any atom is 0.343 e. The molecule has 0 amide bonds. The van der Waals surface area contributed by atoms with Crippen molar-refractivity contribution in [2.75, 3.05) is 0 Å². The Balaban J connectivity index is 1.39. The highest BCUT2D eigenvalue weighted by Gasteiger charge is 2.20. The summed E-state index contributed by atoms with van der Waals surface area (Å²) in [5.74, 6) is 0.115. The fourth-order valence-corrected chi connectivity index (χ4v) is 6.23. The van der Waals surface area contributed by atoms with Gasteiger partial charge in [0.2, 0.25) is 0 Å². The molecule has 46 heavy (non-hydrogen) atoms. The number of carbonyl (C=O) groups excluding carboxylic acids is 2. The molecule has 0 aliphatic rings. The van der Waals surface area contributed by atoms with E-state index in [4.69, 9.17) is 9.47 Å². The van der Waals surface area contributed by atoms with E-state index in [-0.39, 0.29) is 0 Å². The van der Waals surface area contributed by atoms with Crippen LogP contribution in [0.1, 0.15) is 20.7 Å². The second kappa shape index (κ2) is 11.3. The third-order valence-electron chi connectivity index (χ3n) is 8.36. The standard InChI is InChI=1S/C42H26O4/c43-41(45-33-13-3-1-4-14-33)31-21-19-29-23-27-11-7-9-17-35(27)39(37(29)25-31)40-36-18-10-8-12-28(36)24-30-20-22-32(26-38(30)40)42(44)46-34-15-5-2-6-16-34/h1-26H. The van der Waals surface area contributed by atoms with Crippen LogP contribution in [-0.2, 0) is 0 Å².